The summed E-state index contributed by atoms with van der Waals surface area (Å²) in [5.74, 6) is -0.548. The zero-order chi connectivity index (χ0) is 13.0. The molecule has 0 spiro atoms. The van der Waals surface area contributed by atoms with Crippen molar-refractivity contribution in [2.75, 3.05) is 31.9 Å². The van der Waals surface area contributed by atoms with Crippen molar-refractivity contribution in [3.63, 3.8) is 0 Å². The highest BCUT2D eigenvalue weighted by Gasteiger charge is 2.30. The molecule has 0 aromatic heterocycles. The van der Waals surface area contributed by atoms with Gasteiger partial charge in [-0.05, 0) is 32.4 Å². The normalized spacial score (nSPS) is 25.3. The smallest absolute Gasteiger partial charge is 0.308 e. The Labute approximate surface area is 111 Å². The predicted octanol–water partition coefficient (Wildman–Crippen LogP) is 0.405. The van der Waals surface area contributed by atoms with Crippen molar-refractivity contribution in [3.8, 4) is 0 Å². The van der Waals surface area contributed by atoms with Crippen molar-refractivity contribution in [1.29, 1.82) is 0 Å². The molecule has 2 aliphatic heterocycles. The number of piperidine rings is 1. The third-order valence-corrected chi connectivity index (χ3v) is 4.98. The molecule has 6 heteroatoms. The Kier molecular flexibility index (Phi) is 4.88. The van der Waals surface area contributed by atoms with E-state index in [-0.39, 0.29) is 11.8 Å². The molecule has 1 unspecified atom stereocenters. The summed E-state index contributed by atoms with van der Waals surface area (Å²) in [7, 11) is 0. The Morgan fingerprint density at radius 3 is 2.61 bits per heavy atom. The van der Waals surface area contributed by atoms with Gasteiger partial charge in [-0.25, -0.2) is 0 Å². The van der Waals surface area contributed by atoms with Crippen molar-refractivity contribution in [1.82, 2.24) is 10.2 Å². The number of amides is 1. The van der Waals surface area contributed by atoms with Crippen LogP contribution in [0, 0.1) is 5.92 Å². The SMILES string of the molecule is O=C(O)C1CCN(C(=O)CSC2CCNCC2)C1. The van der Waals surface area contributed by atoms with Gasteiger partial charge in [0, 0.05) is 18.3 Å². The standard InChI is InChI=1S/C12H20N2O3S/c15-11(8-18-10-1-4-13-5-2-10)14-6-3-9(7-14)12(16)17/h9-10,13H,1-8H2,(H,16,17). The van der Waals surface area contributed by atoms with Crippen LogP contribution in [0.5, 0.6) is 0 Å². The maximum absolute atomic E-state index is 12.0. The second-order valence-corrected chi connectivity index (χ2v) is 6.21. The fourth-order valence-corrected chi connectivity index (χ4v) is 3.56. The third-order valence-electron chi connectivity index (χ3n) is 3.62. The van der Waals surface area contributed by atoms with E-state index in [9.17, 15) is 9.59 Å². The number of thioether (sulfide) groups is 1. The minimum atomic E-state index is -0.781. The lowest BCUT2D eigenvalue weighted by molar-refractivity contribution is -0.141. The van der Waals surface area contributed by atoms with Crippen LogP contribution in [0.15, 0.2) is 0 Å². The van der Waals surface area contributed by atoms with Gasteiger partial charge in [-0.2, -0.15) is 0 Å². The average Bonchev–Trinajstić information content (AvgIpc) is 2.87. The first-order valence-corrected chi connectivity index (χ1v) is 7.54. The number of hydrogen-bond donors (Lipinski definition) is 2. The molecule has 0 bridgehead atoms. The van der Waals surface area contributed by atoms with Gasteiger partial charge in [0.05, 0.1) is 11.7 Å². The van der Waals surface area contributed by atoms with Crippen LogP contribution in [0.2, 0.25) is 0 Å². The number of likely N-dealkylation sites (tertiary alicyclic amines) is 1. The highest BCUT2D eigenvalue weighted by atomic mass is 32.2. The van der Waals surface area contributed by atoms with Crippen LogP contribution in [0.3, 0.4) is 0 Å². The molecule has 2 N–H and O–H groups in total. The van der Waals surface area contributed by atoms with Crippen molar-refractivity contribution >= 4 is 23.6 Å². The van der Waals surface area contributed by atoms with Crippen LogP contribution < -0.4 is 5.32 Å². The minimum Gasteiger partial charge on any atom is -0.481 e. The van der Waals surface area contributed by atoms with Gasteiger partial charge in [0.15, 0.2) is 0 Å². The van der Waals surface area contributed by atoms with Crippen molar-refractivity contribution in [2.24, 2.45) is 5.92 Å². The fraction of sp³-hybridized carbons (Fsp3) is 0.833. The zero-order valence-corrected chi connectivity index (χ0v) is 11.2. The monoisotopic (exact) mass is 272 g/mol. The van der Waals surface area contributed by atoms with Crippen LogP contribution in [0.25, 0.3) is 0 Å². The molecule has 0 radical (unpaired) electrons. The first-order chi connectivity index (χ1) is 8.66. The first kappa shape index (κ1) is 13.7. The molecule has 5 nitrogen and oxygen atoms in total. The highest BCUT2D eigenvalue weighted by molar-refractivity contribution is 8.00. The van der Waals surface area contributed by atoms with Gasteiger partial charge in [-0.15, -0.1) is 11.8 Å². The van der Waals surface area contributed by atoms with Crippen molar-refractivity contribution in [3.05, 3.63) is 0 Å². The summed E-state index contributed by atoms with van der Waals surface area (Å²) >= 11 is 1.72. The number of carboxylic acid groups (broad SMARTS) is 1. The fourth-order valence-electron chi connectivity index (χ4n) is 2.43. The van der Waals surface area contributed by atoms with E-state index in [1.54, 1.807) is 16.7 Å². The summed E-state index contributed by atoms with van der Waals surface area (Å²) in [6.07, 6.45) is 2.84. The van der Waals surface area contributed by atoms with Crippen LogP contribution in [0.1, 0.15) is 19.3 Å². The Balaban J connectivity index is 1.70. The van der Waals surface area contributed by atoms with E-state index in [0.29, 0.717) is 30.5 Å². The van der Waals surface area contributed by atoms with E-state index in [1.807, 2.05) is 0 Å². The molecule has 1 atom stereocenters. The van der Waals surface area contributed by atoms with Gasteiger partial charge in [-0.1, -0.05) is 0 Å². The quantitative estimate of drug-likeness (QED) is 0.775. The van der Waals surface area contributed by atoms with Gasteiger partial charge in [0.25, 0.3) is 0 Å². The maximum atomic E-state index is 12.0. The second kappa shape index (κ2) is 6.43. The van der Waals surface area contributed by atoms with E-state index >= 15 is 0 Å². The Bertz CT molecular complexity index is 318. The van der Waals surface area contributed by atoms with Crippen LogP contribution in [-0.4, -0.2) is 59.1 Å². The van der Waals surface area contributed by atoms with Gasteiger partial charge in [0.1, 0.15) is 0 Å². The molecule has 2 fully saturated rings. The van der Waals surface area contributed by atoms with Crippen LogP contribution in [-0.2, 0) is 9.59 Å². The molecular weight excluding hydrogens is 252 g/mol. The lowest BCUT2D eigenvalue weighted by Gasteiger charge is -2.23. The van der Waals surface area contributed by atoms with E-state index in [4.69, 9.17) is 5.11 Å². The molecule has 18 heavy (non-hydrogen) atoms. The summed E-state index contributed by atoms with van der Waals surface area (Å²) in [5, 5.41) is 12.8. The molecule has 0 aromatic carbocycles. The molecule has 0 aliphatic carbocycles. The van der Waals surface area contributed by atoms with Crippen LogP contribution in [0.4, 0.5) is 0 Å². The molecule has 2 rings (SSSR count). The largest absolute Gasteiger partial charge is 0.481 e. The lowest BCUT2D eigenvalue weighted by Crippen LogP contribution is -2.33. The summed E-state index contributed by atoms with van der Waals surface area (Å²) in [4.78, 5) is 24.5. The summed E-state index contributed by atoms with van der Waals surface area (Å²) in [6, 6.07) is 0. The number of carbonyl (C=O) groups is 2. The number of rotatable bonds is 4. The third kappa shape index (κ3) is 3.62. The van der Waals surface area contributed by atoms with Gasteiger partial charge >= 0.3 is 5.97 Å². The average molecular weight is 272 g/mol. The summed E-state index contributed by atoms with van der Waals surface area (Å²) in [5.41, 5.74) is 0. The number of nitrogens with zero attached hydrogens (tertiary/aromatic N) is 1. The lowest BCUT2D eigenvalue weighted by atomic mass is 10.1. The van der Waals surface area contributed by atoms with Crippen LogP contribution >= 0.6 is 11.8 Å². The number of hydrogen-bond acceptors (Lipinski definition) is 4. The van der Waals surface area contributed by atoms with E-state index in [2.05, 4.69) is 5.32 Å². The van der Waals surface area contributed by atoms with Gasteiger partial charge < -0.3 is 15.3 Å². The van der Waals surface area contributed by atoms with E-state index in [1.165, 1.54) is 0 Å². The predicted molar refractivity (Wildman–Crippen MR) is 70.7 cm³/mol. The van der Waals surface area contributed by atoms with Gasteiger partial charge in [0.2, 0.25) is 5.91 Å². The Morgan fingerprint density at radius 2 is 2.00 bits per heavy atom. The summed E-state index contributed by atoms with van der Waals surface area (Å²) < 4.78 is 0. The zero-order valence-electron chi connectivity index (χ0n) is 10.4. The number of aliphatic carboxylic acids is 1. The first-order valence-electron chi connectivity index (χ1n) is 6.49. The molecule has 2 aliphatic rings. The second-order valence-electron chi connectivity index (χ2n) is 4.92. The van der Waals surface area contributed by atoms with Crippen molar-refractivity contribution in [2.45, 2.75) is 24.5 Å². The molecule has 1 amide bonds. The minimum absolute atomic E-state index is 0.0993. The molecule has 2 saturated heterocycles. The molecule has 102 valence electrons. The molecule has 0 saturated carbocycles. The van der Waals surface area contributed by atoms with E-state index < -0.39 is 5.97 Å². The summed E-state index contributed by atoms with van der Waals surface area (Å²) in [6.45, 7) is 3.07. The maximum Gasteiger partial charge on any atom is 0.308 e. The Hall–Kier alpha value is -0.750. The topological polar surface area (TPSA) is 69.6 Å². The van der Waals surface area contributed by atoms with Crippen molar-refractivity contribution < 1.29 is 14.7 Å². The molecule has 2 heterocycles. The molecule has 0 aromatic rings. The van der Waals surface area contributed by atoms with E-state index in [0.717, 1.165) is 25.9 Å². The van der Waals surface area contributed by atoms with Gasteiger partial charge in [-0.3, -0.25) is 9.59 Å². The highest BCUT2D eigenvalue weighted by Crippen LogP contribution is 2.22. The number of carboxylic acids is 1. The molecular formula is C12H20N2O3S. The Morgan fingerprint density at radius 1 is 1.28 bits per heavy atom. The number of nitrogens with one attached hydrogen (secondary N) is 1. The number of carbonyl (C=O) groups excluding carboxylic acids is 1.